The molecule has 3 heterocycles. The molecule has 0 fully saturated rings. The van der Waals surface area contributed by atoms with Crippen LogP contribution in [0.3, 0.4) is 0 Å². The minimum atomic E-state index is -1.87. The molecule has 0 amide bonds. The van der Waals surface area contributed by atoms with Crippen LogP contribution in [0.2, 0.25) is 0 Å². The van der Waals surface area contributed by atoms with E-state index in [2.05, 4.69) is 51.4 Å². The standard InChI is InChI=1S/C19H20FN3P/c20-9-1-2-16-24(17-3-10-21-11-4-17,18-5-12-22-13-6-18)19-7-14-23-15-8-19/h3-8,10-15H,1-2,9,16H2/q+1/i20-1. The summed E-state index contributed by atoms with van der Waals surface area (Å²) >= 11 is 0. The number of aromatic nitrogens is 3. The smallest absolute Gasteiger partial charge is 0.112 e. The maximum Gasteiger partial charge on any atom is 0.112 e. The average molecular weight is 339 g/mol. The van der Waals surface area contributed by atoms with Crippen molar-refractivity contribution >= 4 is 23.2 Å². The second-order valence-corrected chi connectivity index (χ2v) is 9.16. The topological polar surface area (TPSA) is 38.7 Å². The summed E-state index contributed by atoms with van der Waals surface area (Å²) in [4.78, 5) is 12.5. The molecule has 3 aromatic heterocycles. The largest absolute Gasteiger partial charge is 0.264 e. The van der Waals surface area contributed by atoms with Crippen LogP contribution in [-0.4, -0.2) is 27.8 Å². The second-order valence-electron chi connectivity index (χ2n) is 5.55. The van der Waals surface area contributed by atoms with Crippen molar-refractivity contribution in [2.45, 2.75) is 12.8 Å². The lowest BCUT2D eigenvalue weighted by atomic mass is 10.4. The van der Waals surface area contributed by atoms with Crippen molar-refractivity contribution in [1.82, 2.24) is 15.0 Å². The predicted octanol–water partition coefficient (Wildman–Crippen LogP) is 2.92. The number of hydrogen-bond acceptors (Lipinski definition) is 3. The lowest BCUT2D eigenvalue weighted by Gasteiger charge is -2.27. The third-order valence-electron chi connectivity index (χ3n) is 4.19. The van der Waals surface area contributed by atoms with Gasteiger partial charge in [-0.15, -0.1) is 0 Å². The molecule has 0 N–H and O–H groups in total. The van der Waals surface area contributed by atoms with Crippen molar-refractivity contribution in [2.24, 2.45) is 0 Å². The van der Waals surface area contributed by atoms with Crippen molar-refractivity contribution < 1.29 is 4.39 Å². The normalized spacial score (nSPS) is 11.4. The number of nitrogens with zero attached hydrogens (tertiary/aromatic N) is 3. The zero-order valence-corrected chi connectivity index (χ0v) is 14.3. The number of hydrogen-bond donors (Lipinski definition) is 0. The molecule has 0 saturated heterocycles. The summed E-state index contributed by atoms with van der Waals surface area (Å²) in [7, 11) is -1.87. The van der Waals surface area contributed by atoms with E-state index >= 15 is 0 Å². The molecule has 0 saturated carbocycles. The predicted molar refractivity (Wildman–Crippen MR) is 98.6 cm³/mol. The monoisotopic (exact) mass is 339 g/mol. The molecule has 0 spiro atoms. The van der Waals surface area contributed by atoms with E-state index in [-0.39, 0.29) is 6.67 Å². The van der Waals surface area contributed by atoms with Crippen LogP contribution in [0.5, 0.6) is 0 Å². The van der Waals surface area contributed by atoms with E-state index in [0.29, 0.717) is 6.42 Å². The first kappa shape index (κ1) is 16.7. The number of pyridine rings is 3. The van der Waals surface area contributed by atoms with Crippen LogP contribution in [-0.2, 0) is 0 Å². The average Bonchev–Trinajstić information content (AvgIpc) is 2.68. The Bertz CT molecular complexity index is 642. The van der Waals surface area contributed by atoms with Gasteiger partial charge in [0.1, 0.15) is 23.2 Å². The molecule has 0 aromatic carbocycles. The van der Waals surface area contributed by atoms with Gasteiger partial charge in [0.05, 0.1) is 12.8 Å². The van der Waals surface area contributed by atoms with Gasteiger partial charge in [-0.3, -0.25) is 19.3 Å². The Labute approximate surface area is 142 Å². The third-order valence-corrected chi connectivity index (χ3v) is 8.71. The molecule has 0 bridgehead atoms. The fourth-order valence-electron chi connectivity index (χ4n) is 3.07. The van der Waals surface area contributed by atoms with Gasteiger partial charge in [-0.2, -0.15) is 0 Å². The Kier molecular flexibility index (Phi) is 5.60. The quantitative estimate of drug-likeness (QED) is 0.491. The minimum Gasteiger partial charge on any atom is -0.264 e. The lowest BCUT2D eigenvalue weighted by Crippen LogP contribution is -2.33. The van der Waals surface area contributed by atoms with Crippen LogP contribution >= 0.6 is 7.26 Å². The summed E-state index contributed by atoms with van der Waals surface area (Å²) in [5.41, 5.74) is 0. The number of alkyl halides is 1. The van der Waals surface area contributed by atoms with E-state index < -0.39 is 7.26 Å². The molecule has 0 atom stereocenters. The molecule has 122 valence electrons. The molecule has 3 aromatic rings. The van der Waals surface area contributed by atoms with Crippen LogP contribution in [0.1, 0.15) is 12.8 Å². The SMILES string of the molecule is [18F]CCCC[P+](c1ccncc1)(c1ccncc1)c1ccncc1. The molecule has 0 aliphatic rings. The zero-order valence-electron chi connectivity index (χ0n) is 13.4. The Morgan fingerprint density at radius 1 is 0.625 bits per heavy atom. The van der Waals surface area contributed by atoms with Crippen LogP contribution in [0.25, 0.3) is 0 Å². The third kappa shape index (κ3) is 3.34. The first-order valence-electron chi connectivity index (χ1n) is 8.04. The summed E-state index contributed by atoms with van der Waals surface area (Å²) in [6, 6.07) is 12.5. The number of halogens is 1. The van der Waals surface area contributed by atoms with E-state index in [9.17, 15) is 4.39 Å². The van der Waals surface area contributed by atoms with E-state index in [1.165, 1.54) is 15.9 Å². The van der Waals surface area contributed by atoms with Gasteiger partial charge in [0, 0.05) is 37.2 Å². The van der Waals surface area contributed by atoms with Crippen LogP contribution < -0.4 is 15.9 Å². The minimum absolute atomic E-state index is 0.275. The van der Waals surface area contributed by atoms with Crippen molar-refractivity contribution in [3.05, 3.63) is 73.6 Å². The van der Waals surface area contributed by atoms with Crippen molar-refractivity contribution in [2.75, 3.05) is 12.8 Å². The van der Waals surface area contributed by atoms with Gasteiger partial charge < -0.3 is 0 Å². The first-order valence-corrected chi connectivity index (χ1v) is 10.0. The van der Waals surface area contributed by atoms with Gasteiger partial charge in [0.15, 0.2) is 0 Å². The first-order chi connectivity index (χ1) is 11.9. The molecule has 0 radical (unpaired) electrons. The summed E-state index contributed by atoms with van der Waals surface area (Å²) < 4.78 is 12.8. The molecule has 0 aliphatic carbocycles. The van der Waals surface area contributed by atoms with E-state index in [0.717, 1.165) is 12.6 Å². The molecule has 24 heavy (non-hydrogen) atoms. The van der Waals surface area contributed by atoms with Crippen LogP contribution in [0.15, 0.2) is 73.6 Å². The summed E-state index contributed by atoms with van der Waals surface area (Å²) in [5.74, 6) is 0. The highest BCUT2D eigenvalue weighted by Gasteiger charge is 2.44. The van der Waals surface area contributed by atoms with Crippen LogP contribution in [0.4, 0.5) is 4.39 Å². The Hall–Kier alpha value is -2.19. The Morgan fingerprint density at radius 2 is 1.00 bits per heavy atom. The van der Waals surface area contributed by atoms with Crippen LogP contribution in [0, 0.1) is 0 Å². The van der Waals surface area contributed by atoms with Gasteiger partial charge >= 0.3 is 0 Å². The molecule has 3 rings (SSSR count). The molecule has 5 heteroatoms. The molecule has 0 unspecified atom stereocenters. The zero-order chi connectivity index (χ0) is 16.7. The van der Waals surface area contributed by atoms with E-state index in [4.69, 9.17) is 0 Å². The molecular weight excluding hydrogens is 319 g/mol. The van der Waals surface area contributed by atoms with E-state index in [1.807, 2.05) is 37.2 Å². The Balaban J connectivity index is 2.20. The highest BCUT2D eigenvalue weighted by Crippen LogP contribution is 2.55. The molecule has 0 aliphatic heterocycles. The van der Waals surface area contributed by atoms with Gasteiger partial charge in [0.2, 0.25) is 0 Å². The van der Waals surface area contributed by atoms with Gasteiger partial charge in [-0.25, -0.2) is 0 Å². The van der Waals surface area contributed by atoms with Gasteiger partial charge in [-0.1, -0.05) is 0 Å². The molecular formula is C19H20FN3P+. The maximum absolute atomic E-state index is 12.8. The number of rotatable bonds is 7. The Morgan fingerprint density at radius 3 is 1.33 bits per heavy atom. The second kappa shape index (κ2) is 8.07. The van der Waals surface area contributed by atoms with Gasteiger partial charge in [0.25, 0.3) is 0 Å². The lowest BCUT2D eigenvalue weighted by molar-refractivity contribution is 0.470. The van der Waals surface area contributed by atoms with Crippen molar-refractivity contribution in [3.8, 4) is 0 Å². The fourth-order valence-corrected chi connectivity index (χ4v) is 7.37. The van der Waals surface area contributed by atoms with Crippen molar-refractivity contribution in [1.29, 1.82) is 0 Å². The maximum atomic E-state index is 12.8. The van der Waals surface area contributed by atoms with Crippen molar-refractivity contribution in [3.63, 3.8) is 0 Å². The van der Waals surface area contributed by atoms with E-state index in [1.54, 1.807) is 0 Å². The number of unbranched alkanes of at least 4 members (excludes halogenated alkanes) is 1. The summed E-state index contributed by atoms with van der Waals surface area (Å²) in [6.07, 6.45) is 13.4. The highest BCUT2D eigenvalue weighted by atomic mass is 31.2. The molecule has 3 nitrogen and oxygen atoms in total. The van der Waals surface area contributed by atoms with Gasteiger partial charge in [-0.05, 0) is 49.2 Å². The summed E-state index contributed by atoms with van der Waals surface area (Å²) in [5, 5.41) is 3.77. The fraction of sp³-hybridized carbons (Fsp3) is 0.211. The summed E-state index contributed by atoms with van der Waals surface area (Å²) in [6.45, 7) is -0.275. The highest BCUT2D eigenvalue weighted by molar-refractivity contribution is 7.95.